The van der Waals surface area contributed by atoms with Crippen LogP contribution in [0.2, 0.25) is 0 Å². The predicted octanol–water partition coefficient (Wildman–Crippen LogP) is -8.17. The third-order valence-electron chi connectivity index (χ3n) is 0. The number of hydrogen-bond acceptors (Lipinski definition) is 6. The Morgan fingerprint density at radius 3 is 0.923 bits per heavy atom. The molecule has 0 unspecified atom stereocenters. The zero-order valence-electron chi connectivity index (χ0n) is 6.15. The average Bonchev–Trinajstić information content (AvgIpc) is 1.12. The summed E-state index contributed by atoms with van der Waals surface area (Å²) in [5, 5.41) is 0. The zero-order chi connectivity index (χ0) is 9.00. The van der Waals surface area contributed by atoms with E-state index in [2.05, 4.69) is 0 Å². The van der Waals surface area contributed by atoms with E-state index >= 15 is 0 Å². The summed E-state index contributed by atoms with van der Waals surface area (Å²) < 4.78 is 66.4. The average molecular weight is 562 g/mol. The summed E-state index contributed by atoms with van der Waals surface area (Å²) in [5.74, 6) is 0. The molecule has 0 aromatic rings. The molecule has 0 atom stereocenters. The molecule has 8 nitrogen and oxygen atoms in total. The van der Waals surface area contributed by atoms with E-state index < -0.39 is 29.0 Å². The van der Waals surface area contributed by atoms with Crippen molar-refractivity contribution in [3.63, 3.8) is 0 Å². The second kappa shape index (κ2) is 13.4. The second-order valence-corrected chi connectivity index (χ2v) is 4.87. The fourth-order valence-electron chi connectivity index (χ4n) is 0. The van der Waals surface area contributed by atoms with Gasteiger partial charge in [-0.1, -0.05) is 0 Å². The molecule has 2 N–H and O–H groups in total. The summed E-state index contributed by atoms with van der Waals surface area (Å²) >= 11 is -11.2. The third-order valence-corrected chi connectivity index (χ3v) is 0. The Bertz CT molecular complexity index is 134. The van der Waals surface area contributed by atoms with Crippen molar-refractivity contribution >= 4 is 98.2 Å². The van der Waals surface area contributed by atoms with Gasteiger partial charge in [0.25, 0.3) is 0 Å². The van der Waals surface area contributed by atoms with Gasteiger partial charge in [0.05, 0.1) is 0 Å². The maximum Gasteiger partial charge on any atom is 2.00 e. The van der Waals surface area contributed by atoms with Gasteiger partial charge in [0.2, 0.25) is 0 Å². The van der Waals surface area contributed by atoms with E-state index in [1.165, 1.54) is 0 Å². The molecule has 72 valence electrons. The van der Waals surface area contributed by atoms with Gasteiger partial charge in [-0.2, -0.15) is 0 Å². The first kappa shape index (κ1) is 29.9. The summed E-state index contributed by atoms with van der Waals surface area (Å²) in [6.45, 7) is 0. The smallest absolute Gasteiger partial charge is 2.00 e. The van der Waals surface area contributed by atoms with E-state index in [9.17, 15) is 0 Å². The van der Waals surface area contributed by atoms with Crippen molar-refractivity contribution in [3.8, 4) is 0 Å². The quantitative estimate of drug-likeness (QED) is 0.275. The molecule has 13 heavy (non-hydrogen) atoms. The predicted molar refractivity (Wildman–Crippen MR) is 31.6 cm³/mol. The fraction of sp³-hybridized carbons (Fsp3) is 0. The van der Waals surface area contributed by atoms with Crippen LogP contribution in [0.4, 0.5) is 0 Å². The monoisotopic (exact) mass is 564 g/mol. The fourth-order valence-corrected chi connectivity index (χ4v) is 0. The van der Waals surface area contributed by atoms with E-state index in [4.69, 9.17) is 32.1 Å². The minimum atomic E-state index is -5.88. The first-order valence-electron chi connectivity index (χ1n) is 1.50. The molecule has 0 radical (unpaired) electrons. The van der Waals surface area contributed by atoms with Crippen molar-refractivity contribution in [1.82, 2.24) is 0 Å². The Balaban J connectivity index is -0.0000000267. The van der Waals surface area contributed by atoms with Gasteiger partial charge in [0, 0.05) is 0 Å². The summed E-state index contributed by atoms with van der Waals surface area (Å²) in [4.78, 5) is 0. The van der Waals surface area contributed by atoms with E-state index in [1.807, 2.05) is 0 Å². The second-order valence-electron chi connectivity index (χ2n) is 0.938. The van der Waals surface area contributed by atoms with Crippen LogP contribution in [0.5, 0.6) is 0 Å². The first-order chi connectivity index (χ1) is 4.00. The first-order valence-corrected chi connectivity index (χ1v) is 7.77. The van der Waals surface area contributed by atoms with E-state index in [-0.39, 0.29) is 88.6 Å². The zero-order valence-corrected chi connectivity index (χ0v) is 19.2. The Morgan fingerprint density at radius 2 is 0.923 bits per heavy atom. The molecule has 0 bridgehead atoms. The van der Waals surface area contributed by atoms with Gasteiger partial charge in [0.1, 0.15) is 0 Å². The van der Waals surface area contributed by atoms with Crippen molar-refractivity contribution in [2.75, 3.05) is 0 Å². The van der Waals surface area contributed by atoms with Crippen molar-refractivity contribution < 1.29 is 51.5 Å². The molecular weight excluding hydrogens is 558 g/mol. The summed E-state index contributed by atoms with van der Waals surface area (Å²) in [6.07, 6.45) is 0. The SMILES string of the molecule is O=[As]([O-])(O)O.O=[As]([O-])([O-])[O-].[Sr+2].[TeH2].[Zn+2]. The van der Waals surface area contributed by atoms with E-state index in [1.54, 1.807) is 0 Å². The van der Waals surface area contributed by atoms with E-state index in [0.29, 0.717) is 0 Å². The standard InChI is InChI=1S/2AsH3O4.Sr.H2Te.Zn/c2*2-1(3,4)5;;;/h2*(H3,2,3,4,5);;1H2;/q;;+2;;+2/p-4. The maximum absolute atomic E-state index is 8.83. The number of hydrogen-bond donors (Lipinski definition) is 2. The molecule has 0 saturated heterocycles. The van der Waals surface area contributed by atoms with Crippen molar-refractivity contribution in [1.29, 1.82) is 0 Å². The van der Waals surface area contributed by atoms with Gasteiger partial charge in [0.15, 0.2) is 0 Å². The van der Waals surface area contributed by atoms with Gasteiger partial charge >= 0.3 is 150 Å². The van der Waals surface area contributed by atoms with Crippen LogP contribution in [0.1, 0.15) is 0 Å². The Hall–Kier alpha value is 3.37. The number of rotatable bonds is 0. The molecule has 0 aliphatic heterocycles. The van der Waals surface area contributed by atoms with Gasteiger partial charge < -0.3 is 0 Å². The van der Waals surface area contributed by atoms with E-state index in [0.717, 1.165) is 0 Å². The molecule has 0 rings (SSSR count). The molecule has 0 amide bonds. The van der Waals surface area contributed by atoms with Crippen LogP contribution in [0.15, 0.2) is 0 Å². The Morgan fingerprint density at radius 1 is 0.923 bits per heavy atom. The largest absolute Gasteiger partial charge is 2.00 e. The molecule has 0 aliphatic carbocycles. The topological polar surface area (TPSA) is 167 Å². The normalized spacial score (nSPS) is 9.08. The third kappa shape index (κ3) is 242. The molecule has 0 spiro atoms. The summed E-state index contributed by atoms with van der Waals surface area (Å²) in [7, 11) is 0. The van der Waals surface area contributed by atoms with Crippen LogP contribution in [0.25, 0.3) is 0 Å². The minimum absolute atomic E-state index is 0. The molecule has 0 aliphatic rings. The molecule has 0 heterocycles. The van der Waals surface area contributed by atoms with Crippen LogP contribution < -0.4 is 16.4 Å². The van der Waals surface area contributed by atoms with Gasteiger partial charge in [-0.15, -0.1) is 0 Å². The van der Waals surface area contributed by atoms with Crippen molar-refractivity contribution in [3.05, 3.63) is 0 Å². The van der Waals surface area contributed by atoms with Gasteiger partial charge in [-0.05, 0) is 0 Å². The van der Waals surface area contributed by atoms with Crippen molar-refractivity contribution in [2.24, 2.45) is 0 Å². The molecular formula is H4As2O8SrTeZn. The Kier molecular flexibility index (Phi) is 30.9. The molecule has 0 fully saturated rings. The van der Waals surface area contributed by atoms with Crippen molar-refractivity contribution in [2.45, 2.75) is 0 Å². The van der Waals surface area contributed by atoms with Crippen LogP contribution in [-0.2, 0) is 27.0 Å². The summed E-state index contributed by atoms with van der Waals surface area (Å²) in [6, 6.07) is 0. The molecule has 0 aromatic heterocycles. The van der Waals surface area contributed by atoms with Crippen LogP contribution >= 0.6 is 0 Å². The van der Waals surface area contributed by atoms with Crippen LogP contribution in [0.3, 0.4) is 0 Å². The molecule has 13 heteroatoms. The molecule has 0 aromatic carbocycles. The Labute approximate surface area is 147 Å². The van der Waals surface area contributed by atoms with Gasteiger partial charge in [-0.25, -0.2) is 0 Å². The molecule has 0 saturated carbocycles. The maximum atomic E-state index is 8.83. The summed E-state index contributed by atoms with van der Waals surface area (Å²) in [5.41, 5.74) is 0. The van der Waals surface area contributed by atoms with Crippen LogP contribution in [0, 0.1) is 0 Å². The minimum Gasteiger partial charge on any atom is 2.00 e. The van der Waals surface area contributed by atoms with Gasteiger partial charge in [-0.3, -0.25) is 0 Å². The van der Waals surface area contributed by atoms with Crippen LogP contribution in [-0.4, -0.2) is 106 Å².